The van der Waals surface area contributed by atoms with Gasteiger partial charge in [0.05, 0.1) is 0 Å². The molecule has 0 spiro atoms. The first kappa shape index (κ1) is 21.9. The lowest BCUT2D eigenvalue weighted by Gasteiger charge is -2.56. The zero-order valence-corrected chi connectivity index (χ0v) is 19.0. The topological polar surface area (TPSA) is 68.9 Å². The quantitative estimate of drug-likeness (QED) is 0.426. The van der Waals surface area contributed by atoms with Crippen molar-refractivity contribution >= 4 is 5.71 Å². The van der Waals surface area contributed by atoms with E-state index in [0.717, 1.165) is 54.6 Å². The maximum Gasteiger partial charge on any atom is 0.133 e. The maximum absolute atomic E-state index is 8.67. The first-order valence-electron chi connectivity index (χ1n) is 12.4. The van der Waals surface area contributed by atoms with Crippen LogP contribution in [0.2, 0.25) is 0 Å². The predicted octanol–water partition coefficient (Wildman–Crippen LogP) is 5.55. The van der Waals surface area contributed by atoms with Crippen molar-refractivity contribution in [1.29, 1.82) is 10.7 Å². The minimum absolute atomic E-state index is 0.0144. The van der Waals surface area contributed by atoms with Crippen LogP contribution in [0.25, 0.3) is 0 Å². The van der Waals surface area contributed by atoms with Crippen molar-refractivity contribution in [2.24, 2.45) is 46.8 Å². The van der Waals surface area contributed by atoms with E-state index in [4.69, 9.17) is 15.4 Å². The number of allylic oxidation sites excluding steroid dienone is 1. The second-order valence-electron chi connectivity index (χ2n) is 11.0. The Morgan fingerprint density at radius 3 is 2.77 bits per heavy atom. The Bertz CT molecular complexity index is 682. The van der Waals surface area contributed by atoms with Gasteiger partial charge in [-0.3, -0.25) is 5.41 Å². The van der Waals surface area contributed by atoms with E-state index in [1.54, 1.807) is 12.3 Å². The third kappa shape index (κ3) is 4.20. The number of ether oxygens (including phenoxy) is 1. The highest BCUT2D eigenvalue weighted by Gasteiger charge is 2.56. The lowest BCUT2D eigenvalue weighted by atomic mass is 9.49. The Balaban J connectivity index is 1.33. The number of rotatable bonds is 7. The van der Waals surface area contributed by atoms with E-state index in [0.29, 0.717) is 5.41 Å². The van der Waals surface area contributed by atoms with Gasteiger partial charge in [0.2, 0.25) is 0 Å². The Morgan fingerprint density at radius 2 is 1.97 bits per heavy atom. The van der Waals surface area contributed by atoms with Gasteiger partial charge in [0.1, 0.15) is 11.8 Å². The molecule has 0 aromatic heterocycles. The van der Waals surface area contributed by atoms with Crippen molar-refractivity contribution in [3.05, 3.63) is 12.3 Å². The fourth-order valence-electron chi connectivity index (χ4n) is 8.44. The lowest BCUT2D eigenvalue weighted by Crippen LogP contribution is -2.48. The third-order valence-electron chi connectivity index (χ3n) is 9.79. The van der Waals surface area contributed by atoms with Crippen LogP contribution in [0.4, 0.5) is 0 Å². The number of nitrogens with one attached hydrogen (secondary N) is 2. The summed E-state index contributed by atoms with van der Waals surface area (Å²) < 4.78 is 5.48. The molecule has 0 radical (unpaired) electrons. The summed E-state index contributed by atoms with van der Waals surface area (Å²) in [5.74, 6) is 6.56. The molecule has 4 aliphatic carbocycles. The van der Waals surface area contributed by atoms with Gasteiger partial charge in [0.25, 0.3) is 0 Å². The van der Waals surface area contributed by atoms with E-state index < -0.39 is 0 Å². The van der Waals surface area contributed by atoms with Crippen LogP contribution in [0, 0.1) is 63.6 Å². The number of fused-ring (bicyclic) bond motifs is 5. The molecule has 166 valence electrons. The van der Waals surface area contributed by atoms with E-state index in [-0.39, 0.29) is 5.71 Å². The Morgan fingerprint density at radius 1 is 1.13 bits per heavy atom. The lowest BCUT2D eigenvalue weighted by molar-refractivity contribution is -0.0722. The van der Waals surface area contributed by atoms with Crippen LogP contribution >= 0.6 is 0 Å². The normalized spacial score (nSPS) is 42.8. The fraction of sp³-hybridized carbons (Fsp3) is 0.846. The molecule has 4 rings (SSSR count). The van der Waals surface area contributed by atoms with Crippen LogP contribution in [0.15, 0.2) is 12.3 Å². The van der Waals surface area contributed by atoms with E-state index in [1.165, 1.54) is 64.2 Å². The molecule has 8 atom stereocenters. The molecule has 4 aliphatic rings. The zero-order chi connectivity index (χ0) is 21.1. The minimum Gasteiger partial charge on any atom is -0.391 e. The largest absolute Gasteiger partial charge is 0.391 e. The van der Waals surface area contributed by atoms with Crippen LogP contribution in [-0.2, 0) is 4.74 Å². The summed E-state index contributed by atoms with van der Waals surface area (Å²) in [5.41, 5.74) is 0.548. The molecule has 0 heterocycles. The van der Waals surface area contributed by atoms with Crippen molar-refractivity contribution in [1.82, 2.24) is 5.32 Å². The molecule has 4 fully saturated rings. The van der Waals surface area contributed by atoms with Gasteiger partial charge in [0, 0.05) is 20.3 Å². The maximum atomic E-state index is 8.67. The highest BCUT2D eigenvalue weighted by Crippen LogP contribution is 2.64. The van der Waals surface area contributed by atoms with Gasteiger partial charge < -0.3 is 10.1 Å². The molecule has 2 N–H and O–H groups in total. The molecule has 0 aromatic carbocycles. The molecule has 4 nitrogen and oxygen atoms in total. The first-order chi connectivity index (χ1) is 14.6. The number of nitriles is 1. The van der Waals surface area contributed by atoms with Crippen LogP contribution in [0.1, 0.15) is 71.1 Å². The molecule has 30 heavy (non-hydrogen) atoms. The summed E-state index contributed by atoms with van der Waals surface area (Å²) in [4.78, 5) is 0. The molecule has 2 unspecified atom stereocenters. The Hall–Kier alpha value is -1.34. The Labute approximate surface area is 183 Å². The van der Waals surface area contributed by atoms with Crippen LogP contribution in [-0.4, -0.2) is 26.0 Å². The van der Waals surface area contributed by atoms with Gasteiger partial charge in [-0.15, -0.1) is 0 Å². The van der Waals surface area contributed by atoms with Gasteiger partial charge in [-0.1, -0.05) is 6.92 Å². The number of hydrogen-bond acceptors (Lipinski definition) is 4. The number of hydrogen-bond donors (Lipinski definition) is 2. The summed E-state index contributed by atoms with van der Waals surface area (Å²) >= 11 is 0. The second-order valence-corrected chi connectivity index (χ2v) is 11.0. The SMILES string of the molecule is COC[C@H]1CC[C@@H]2C3CC[C@@]4(C)C(CC[C@@H]4CCN/C=C\C(=N)C#N)[C@@H]3CC[C@@H]2C1. The summed E-state index contributed by atoms with van der Waals surface area (Å²) in [6.45, 7) is 4.55. The molecule has 0 saturated heterocycles. The van der Waals surface area contributed by atoms with E-state index in [1.807, 2.05) is 13.2 Å². The second kappa shape index (κ2) is 9.43. The summed E-state index contributed by atoms with van der Waals surface area (Å²) in [5, 5.41) is 19.4. The molecule has 0 aromatic rings. The smallest absolute Gasteiger partial charge is 0.133 e. The minimum atomic E-state index is 0.0144. The van der Waals surface area contributed by atoms with Gasteiger partial charge in [-0.2, -0.15) is 5.26 Å². The molecule has 4 saturated carbocycles. The third-order valence-corrected chi connectivity index (χ3v) is 9.79. The van der Waals surface area contributed by atoms with Gasteiger partial charge in [-0.25, -0.2) is 0 Å². The predicted molar refractivity (Wildman–Crippen MR) is 121 cm³/mol. The molecule has 0 amide bonds. The van der Waals surface area contributed by atoms with Crippen LogP contribution in [0.5, 0.6) is 0 Å². The van der Waals surface area contributed by atoms with Crippen molar-refractivity contribution in [3.8, 4) is 6.07 Å². The molecule has 4 heteroatoms. The average molecular weight is 412 g/mol. The highest BCUT2D eigenvalue weighted by molar-refractivity contribution is 6.04. The average Bonchev–Trinajstić information content (AvgIpc) is 3.09. The first-order valence-corrected chi connectivity index (χ1v) is 12.4. The monoisotopic (exact) mass is 411 g/mol. The molecule has 0 bridgehead atoms. The zero-order valence-electron chi connectivity index (χ0n) is 19.0. The van der Waals surface area contributed by atoms with Crippen LogP contribution < -0.4 is 5.32 Å². The van der Waals surface area contributed by atoms with Gasteiger partial charge >= 0.3 is 0 Å². The Kier molecular flexibility index (Phi) is 6.88. The van der Waals surface area contributed by atoms with E-state index in [9.17, 15) is 0 Å². The molecular weight excluding hydrogens is 370 g/mol. The van der Waals surface area contributed by atoms with E-state index >= 15 is 0 Å². The number of methoxy groups -OCH3 is 1. The summed E-state index contributed by atoms with van der Waals surface area (Å²) in [6.07, 6.45) is 17.5. The van der Waals surface area contributed by atoms with Crippen molar-refractivity contribution in [2.45, 2.75) is 71.1 Å². The summed E-state index contributed by atoms with van der Waals surface area (Å²) in [7, 11) is 1.87. The van der Waals surface area contributed by atoms with Crippen molar-refractivity contribution < 1.29 is 4.74 Å². The van der Waals surface area contributed by atoms with Gasteiger partial charge in [0.15, 0.2) is 0 Å². The standard InChI is InChI=1S/C26H41N3O/c1-26-12-9-23-22-6-3-18(17-30-2)15-19(22)4-7-24(23)25(26)8-5-20(26)10-13-29-14-11-21(28)16-27/h11,14,18-20,22-25,28-29H,3-10,12-13,15,17H2,1-2H3/b14-11-,28-21?/t18-,19+,20+,22-,23?,24+,25?,26+/m0/s1. The number of nitrogens with zero attached hydrogens (tertiary/aromatic N) is 1. The van der Waals surface area contributed by atoms with E-state index in [2.05, 4.69) is 12.2 Å². The van der Waals surface area contributed by atoms with Crippen LogP contribution in [0.3, 0.4) is 0 Å². The van der Waals surface area contributed by atoms with Gasteiger partial charge in [-0.05, 0) is 123 Å². The molecular formula is C26H41N3O. The summed E-state index contributed by atoms with van der Waals surface area (Å²) in [6, 6.07) is 1.85. The highest BCUT2D eigenvalue weighted by atomic mass is 16.5. The van der Waals surface area contributed by atoms with Crippen molar-refractivity contribution in [3.63, 3.8) is 0 Å². The van der Waals surface area contributed by atoms with Crippen molar-refractivity contribution in [2.75, 3.05) is 20.3 Å². The fourth-order valence-corrected chi connectivity index (χ4v) is 8.44. The molecule has 0 aliphatic heterocycles.